The Balaban J connectivity index is 1.88. The van der Waals surface area contributed by atoms with E-state index in [-0.39, 0.29) is 47.3 Å². The van der Waals surface area contributed by atoms with Gasteiger partial charge in [0, 0.05) is 23.7 Å². The molecular weight excluding hydrogens is 260 g/mol. The normalized spacial score (nSPS) is 34.7. The van der Waals surface area contributed by atoms with E-state index in [9.17, 15) is 19.2 Å². The number of amides is 4. The van der Waals surface area contributed by atoms with Gasteiger partial charge in [0.2, 0.25) is 23.6 Å². The molecule has 0 aromatic heterocycles. The molecule has 6 heteroatoms. The van der Waals surface area contributed by atoms with Crippen LogP contribution in [0, 0.1) is 23.7 Å². The van der Waals surface area contributed by atoms with Gasteiger partial charge in [-0.25, -0.2) is 0 Å². The van der Waals surface area contributed by atoms with Gasteiger partial charge in [0.05, 0.1) is 0 Å². The summed E-state index contributed by atoms with van der Waals surface area (Å²) in [5, 5.41) is 4.72. The zero-order valence-corrected chi connectivity index (χ0v) is 11.8. The number of hydrogen-bond acceptors (Lipinski definition) is 4. The van der Waals surface area contributed by atoms with Crippen molar-refractivity contribution in [3.8, 4) is 0 Å². The van der Waals surface area contributed by atoms with Crippen LogP contribution in [0.1, 0.15) is 39.5 Å². The van der Waals surface area contributed by atoms with E-state index < -0.39 is 0 Å². The first-order valence-electron chi connectivity index (χ1n) is 7.08. The molecule has 2 heterocycles. The smallest absolute Gasteiger partial charge is 0.229 e. The highest BCUT2D eigenvalue weighted by molar-refractivity contribution is 6.00. The molecule has 0 saturated carbocycles. The van der Waals surface area contributed by atoms with E-state index in [2.05, 4.69) is 10.6 Å². The Bertz CT molecular complexity index is 418. The topological polar surface area (TPSA) is 92.3 Å². The molecule has 20 heavy (non-hydrogen) atoms. The van der Waals surface area contributed by atoms with Crippen LogP contribution in [0.2, 0.25) is 0 Å². The molecule has 6 nitrogen and oxygen atoms in total. The minimum atomic E-state index is -0.242. The minimum Gasteiger partial charge on any atom is -0.296 e. The highest BCUT2D eigenvalue weighted by atomic mass is 16.2. The lowest BCUT2D eigenvalue weighted by molar-refractivity contribution is -0.142. The maximum Gasteiger partial charge on any atom is 0.229 e. The van der Waals surface area contributed by atoms with E-state index in [1.165, 1.54) is 0 Å². The van der Waals surface area contributed by atoms with Crippen molar-refractivity contribution in [2.24, 2.45) is 23.7 Å². The second-order valence-corrected chi connectivity index (χ2v) is 5.95. The van der Waals surface area contributed by atoms with Crippen LogP contribution in [0.15, 0.2) is 0 Å². The molecule has 2 unspecified atom stereocenters. The maximum atomic E-state index is 11.7. The van der Waals surface area contributed by atoms with Crippen molar-refractivity contribution in [3.63, 3.8) is 0 Å². The molecule has 0 spiro atoms. The van der Waals surface area contributed by atoms with Gasteiger partial charge in [0.25, 0.3) is 0 Å². The first-order valence-corrected chi connectivity index (χ1v) is 7.08. The summed E-state index contributed by atoms with van der Waals surface area (Å²) in [4.78, 5) is 46.2. The quantitative estimate of drug-likeness (QED) is 0.730. The summed E-state index contributed by atoms with van der Waals surface area (Å²) in [5.74, 6) is -1.70. The number of rotatable bonds is 3. The number of hydrogen-bond donors (Lipinski definition) is 2. The highest BCUT2D eigenvalue weighted by Gasteiger charge is 2.35. The van der Waals surface area contributed by atoms with Crippen molar-refractivity contribution < 1.29 is 19.2 Å². The largest absolute Gasteiger partial charge is 0.296 e. The third kappa shape index (κ3) is 3.05. The molecule has 2 aliphatic heterocycles. The molecule has 0 aliphatic carbocycles. The van der Waals surface area contributed by atoms with Crippen LogP contribution in [-0.4, -0.2) is 23.6 Å². The minimum absolute atomic E-state index is 0.168. The first kappa shape index (κ1) is 14.7. The van der Waals surface area contributed by atoms with Gasteiger partial charge < -0.3 is 0 Å². The van der Waals surface area contributed by atoms with E-state index in [0.717, 1.165) is 0 Å². The van der Waals surface area contributed by atoms with Crippen LogP contribution in [0.3, 0.4) is 0 Å². The molecule has 2 saturated heterocycles. The van der Waals surface area contributed by atoms with Crippen LogP contribution >= 0.6 is 0 Å². The molecule has 2 N–H and O–H groups in total. The fourth-order valence-electron chi connectivity index (χ4n) is 2.88. The van der Waals surface area contributed by atoms with E-state index in [1.807, 2.05) is 0 Å². The number of nitrogens with one attached hydrogen (secondary N) is 2. The third-order valence-corrected chi connectivity index (χ3v) is 4.27. The Hall–Kier alpha value is -1.72. The number of piperidine rings is 2. The highest BCUT2D eigenvalue weighted by Crippen LogP contribution is 2.28. The van der Waals surface area contributed by atoms with Crippen LogP contribution < -0.4 is 10.6 Å². The summed E-state index contributed by atoms with van der Waals surface area (Å²) in [6.45, 7) is 3.59. The second kappa shape index (κ2) is 5.73. The lowest BCUT2D eigenvalue weighted by Gasteiger charge is -2.29. The van der Waals surface area contributed by atoms with Crippen molar-refractivity contribution in [3.05, 3.63) is 0 Å². The Morgan fingerprint density at radius 1 is 0.750 bits per heavy atom. The predicted molar refractivity (Wildman–Crippen MR) is 70.1 cm³/mol. The molecule has 2 rings (SSSR count). The fraction of sp³-hybridized carbons (Fsp3) is 0.714. The van der Waals surface area contributed by atoms with Crippen LogP contribution in [0.5, 0.6) is 0 Å². The standard InChI is InChI=1S/C14H20N2O4/c1-7-5-9(13(19)15-11(7)17)3-4-10-6-8(2)12(18)16-14(10)20/h7-10H,3-6H2,1-2H3,(H,15,17,19)(H,16,18,20)/t7-,8?,9?,10-/m0/s1. The lowest BCUT2D eigenvalue weighted by Crippen LogP contribution is -2.47. The molecule has 0 bridgehead atoms. The van der Waals surface area contributed by atoms with Gasteiger partial charge in [-0.3, -0.25) is 29.8 Å². The summed E-state index contributed by atoms with van der Waals surface area (Å²) >= 11 is 0. The fourth-order valence-corrected chi connectivity index (χ4v) is 2.88. The molecule has 2 fully saturated rings. The molecule has 0 radical (unpaired) electrons. The van der Waals surface area contributed by atoms with E-state index >= 15 is 0 Å². The Morgan fingerprint density at radius 3 is 1.45 bits per heavy atom. The zero-order chi connectivity index (χ0) is 14.9. The van der Waals surface area contributed by atoms with Crippen molar-refractivity contribution in [1.29, 1.82) is 0 Å². The van der Waals surface area contributed by atoms with Crippen LogP contribution in [-0.2, 0) is 19.2 Å². The van der Waals surface area contributed by atoms with Crippen LogP contribution in [0.4, 0.5) is 0 Å². The first-order chi connectivity index (χ1) is 9.38. The molecule has 2 aliphatic rings. The zero-order valence-electron chi connectivity index (χ0n) is 11.8. The van der Waals surface area contributed by atoms with Crippen molar-refractivity contribution in [1.82, 2.24) is 10.6 Å². The van der Waals surface area contributed by atoms with Gasteiger partial charge in [0.1, 0.15) is 0 Å². The maximum absolute atomic E-state index is 11.7. The average molecular weight is 280 g/mol. The number of carbonyl (C=O) groups excluding carboxylic acids is 4. The van der Waals surface area contributed by atoms with Gasteiger partial charge >= 0.3 is 0 Å². The average Bonchev–Trinajstić information content (AvgIpc) is 2.37. The van der Waals surface area contributed by atoms with Crippen molar-refractivity contribution in [2.75, 3.05) is 0 Å². The number of imide groups is 2. The van der Waals surface area contributed by atoms with Gasteiger partial charge in [-0.05, 0) is 25.7 Å². The van der Waals surface area contributed by atoms with E-state index in [4.69, 9.17) is 0 Å². The number of carbonyl (C=O) groups is 4. The summed E-state index contributed by atoms with van der Waals surface area (Å²) in [6.07, 6.45) is 2.21. The summed E-state index contributed by atoms with van der Waals surface area (Å²) in [5.41, 5.74) is 0. The molecule has 4 amide bonds. The Kier molecular flexibility index (Phi) is 4.20. The van der Waals surface area contributed by atoms with Gasteiger partial charge in [-0.15, -0.1) is 0 Å². The van der Waals surface area contributed by atoms with E-state index in [0.29, 0.717) is 25.7 Å². The molecule has 0 aromatic carbocycles. The lowest BCUT2D eigenvalue weighted by atomic mass is 9.81. The molecular formula is C14H20N2O4. The Labute approximate surface area is 117 Å². The predicted octanol–water partition coefficient (Wildman–Crippen LogP) is 0.364. The van der Waals surface area contributed by atoms with Gasteiger partial charge in [-0.1, -0.05) is 13.8 Å². The van der Waals surface area contributed by atoms with E-state index in [1.54, 1.807) is 13.8 Å². The molecule has 110 valence electrons. The third-order valence-electron chi connectivity index (χ3n) is 4.27. The summed E-state index contributed by atoms with van der Waals surface area (Å²) in [6, 6.07) is 0. The van der Waals surface area contributed by atoms with Gasteiger partial charge in [-0.2, -0.15) is 0 Å². The Morgan fingerprint density at radius 2 is 1.10 bits per heavy atom. The van der Waals surface area contributed by atoms with Crippen molar-refractivity contribution in [2.45, 2.75) is 39.5 Å². The molecule has 0 aromatic rings. The molecule has 4 atom stereocenters. The van der Waals surface area contributed by atoms with Gasteiger partial charge in [0.15, 0.2) is 0 Å². The SMILES string of the molecule is CC1C[C@H](CCC2C[C@H](C)C(=O)NC2=O)C(=O)NC1=O. The summed E-state index contributed by atoms with van der Waals surface area (Å²) < 4.78 is 0. The summed E-state index contributed by atoms with van der Waals surface area (Å²) in [7, 11) is 0. The van der Waals surface area contributed by atoms with Crippen molar-refractivity contribution >= 4 is 23.6 Å². The second-order valence-electron chi connectivity index (χ2n) is 5.95. The van der Waals surface area contributed by atoms with Crippen LogP contribution in [0.25, 0.3) is 0 Å². The monoisotopic (exact) mass is 280 g/mol.